The van der Waals surface area contributed by atoms with Crippen LogP contribution in [0.4, 0.5) is 14.5 Å². The number of carbonyl (C=O) groups excluding carboxylic acids is 2. The number of ether oxygens (including phenoxy) is 1. The average Bonchev–Trinajstić information content (AvgIpc) is 3.38. The normalized spacial score (nSPS) is 20.7. The Balaban J connectivity index is 1.12. The van der Waals surface area contributed by atoms with E-state index >= 15 is 0 Å². The van der Waals surface area contributed by atoms with Gasteiger partial charge >= 0.3 is 0 Å². The summed E-state index contributed by atoms with van der Waals surface area (Å²) in [6.45, 7) is 1.40. The number of fused-ring (bicyclic) bond motifs is 3. The third kappa shape index (κ3) is 5.46. The predicted octanol–water partition coefficient (Wildman–Crippen LogP) is 4.33. The van der Waals surface area contributed by atoms with Gasteiger partial charge in [-0.15, -0.1) is 5.10 Å². The number of pyridine rings is 1. The number of halogens is 3. The summed E-state index contributed by atoms with van der Waals surface area (Å²) in [6, 6.07) is 7.50. The van der Waals surface area contributed by atoms with Crippen molar-refractivity contribution in [1.82, 2.24) is 29.0 Å². The van der Waals surface area contributed by atoms with Gasteiger partial charge in [0.25, 0.3) is 17.4 Å². The number of likely N-dealkylation sites (tertiary alicyclic amines) is 1. The Labute approximate surface area is 283 Å². The number of aromatic hydroxyl groups is 1. The molecule has 4 aliphatic rings. The quantitative estimate of drug-likeness (QED) is 0.304. The highest BCUT2D eigenvalue weighted by Gasteiger charge is 2.57. The van der Waals surface area contributed by atoms with Gasteiger partial charge in [0.15, 0.2) is 11.5 Å². The standard InChI is InChI=1S/C34H32ClF2N7O5/c35-22-16-20(21-17-34(21,36)37)3-4-23(22)39-26(46)18-43-24-5-8-33(9-12-42(13-10-33)31(48)28-25(45)2-1-11-38-28)27(24)30(47)44-32(43)40-29(41-44)19-6-14-49-15-7-19/h1-4,6,11,16,21,45H,5,7-10,12-15,17-18H2,(H,39,46). The molecule has 0 radical (unpaired) electrons. The molecule has 1 spiro atoms. The number of nitrogens with zero attached hydrogens (tertiary/aromatic N) is 6. The fraction of sp³-hybridized carbons (Fsp3) is 0.412. The summed E-state index contributed by atoms with van der Waals surface area (Å²) in [5.41, 5.74) is 1.92. The van der Waals surface area contributed by atoms with Crippen LogP contribution in [0.1, 0.15) is 71.2 Å². The minimum absolute atomic E-state index is 0.0156. The molecule has 1 saturated carbocycles. The van der Waals surface area contributed by atoms with Gasteiger partial charge in [-0.3, -0.25) is 14.4 Å². The number of amides is 2. The zero-order chi connectivity index (χ0) is 34.1. The first-order valence-electron chi connectivity index (χ1n) is 16.3. The SMILES string of the molecule is O=C(Cn1c2c(c(=O)n3nc(C4=CCOCC4)nc13)C1(CC2)CCN(C(=O)c2ncccc2O)CC1)Nc1ccc(C2CC2(F)F)cc1Cl. The fourth-order valence-electron chi connectivity index (χ4n) is 7.51. The van der Waals surface area contributed by atoms with Crippen molar-refractivity contribution in [2.45, 2.75) is 62.3 Å². The van der Waals surface area contributed by atoms with Crippen LogP contribution in [-0.4, -0.2) is 78.2 Å². The van der Waals surface area contributed by atoms with Crippen LogP contribution in [0.15, 0.2) is 47.4 Å². The van der Waals surface area contributed by atoms with Crippen LogP contribution in [0.2, 0.25) is 5.02 Å². The van der Waals surface area contributed by atoms with Crippen molar-refractivity contribution in [3.8, 4) is 5.75 Å². The molecule has 12 nitrogen and oxygen atoms in total. The second-order valence-electron chi connectivity index (χ2n) is 13.2. The third-order valence-electron chi connectivity index (χ3n) is 10.3. The monoisotopic (exact) mass is 691 g/mol. The second kappa shape index (κ2) is 11.7. The Morgan fingerprint density at radius 2 is 1.94 bits per heavy atom. The van der Waals surface area contributed by atoms with Gasteiger partial charge in [-0.25, -0.2) is 13.8 Å². The van der Waals surface area contributed by atoms with Gasteiger partial charge in [0.2, 0.25) is 11.7 Å². The van der Waals surface area contributed by atoms with E-state index < -0.39 is 23.2 Å². The zero-order valence-electron chi connectivity index (χ0n) is 26.3. The van der Waals surface area contributed by atoms with Crippen molar-refractivity contribution in [3.05, 3.63) is 86.3 Å². The second-order valence-corrected chi connectivity index (χ2v) is 13.6. The molecule has 49 heavy (non-hydrogen) atoms. The largest absolute Gasteiger partial charge is 0.505 e. The molecule has 254 valence electrons. The number of carbonyl (C=O) groups is 2. The third-order valence-corrected chi connectivity index (χ3v) is 10.6. The lowest BCUT2D eigenvalue weighted by molar-refractivity contribution is -0.116. The molecule has 1 atom stereocenters. The van der Waals surface area contributed by atoms with Gasteiger partial charge in [0, 0.05) is 42.4 Å². The van der Waals surface area contributed by atoms with Crippen LogP contribution in [0, 0.1) is 0 Å². The topological polar surface area (TPSA) is 144 Å². The smallest absolute Gasteiger partial charge is 0.279 e. The van der Waals surface area contributed by atoms with Crippen LogP contribution in [-0.2, 0) is 27.9 Å². The van der Waals surface area contributed by atoms with Crippen molar-refractivity contribution < 1.29 is 28.2 Å². The fourth-order valence-corrected chi connectivity index (χ4v) is 7.75. The van der Waals surface area contributed by atoms with Crippen LogP contribution >= 0.6 is 11.6 Å². The van der Waals surface area contributed by atoms with Gasteiger partial charge in [0.05, 0.1) is 29.8 Å². The summed E-state index contributed by atoms with van der Waals surface area (Å²) in [5, 5.41) is 17.8. The molecule has 2 amide bonds. The van der Waals surface area contributed by atoms with Gasteiger partial charge in [-0.05, 0) is 67.5 Å². The lowest BCUT2D eigenvalue weighted by atomic mass is 9.74. The lowest BCUT2D eigenvalue weighted by Gasteiger charge is -2.39. The summed E-state index contributed by atoms with van der Waals surface area (Å²) in [6.07, 6.45) is 5.82. The van der Waals surface area contributed by atoms with Crippen molar-refractivity contribution in [2.24, 2.45) is 0 Å². The summed E-state index contributed by atoms with van der Waals surface area (Å²) >= 11 is 6.42. The summed E-state index contributed by atoms with van der Waals surface area (Å²) in [7, 11) is 0. The minimum atomic E-state index is -2.74. The number of alkyl halides is 2. The molecular formula is C34H32ClF2N7O5. The molecule has 1 unspecified atom stereocenters. The molecule has 5 heterocycles. The van der Waals surface area contributed by atoms with E-state index in [1.54, 1.807) is 21.6 Å². The van der Waals surface area contributed by atoms with E-state index in [0.717, 1.165) is 5.57 Å². The van der Waals surface area contributed by atoms with Crippen LogP contribution in [0.25, 0.3) is 11.4 Å². The number of hydrogen-bond acceptors (Lipinski definition) is 8. The molecule has 2 aliphatic heterocycles. The summed E-state index contributed by atoms with van der Waals surface area (Å²) < 4.78 is 35.7. The molecule has 0 bridgehead atoms. The average molecular weight is 692 g/mol. The number of nitrogens with one attached hydrogen (secondary N) is 1. The Morgan fingerprint density at radius 3 is 2.63 bits per heavy atom. The first-order valence-corrected chi connectivity index (χ1v) is 16.6. The van der Waals surface area contributed by atoms with Crippen molar-refractivity contribution >= 4 is 40.5 Å². The van der Waals surface area contributed by atoms with Crippen molar-refractivity contribution in [1.29, 1.82) is 0 Å². The van der Waals surface area contributed by atoms with E-state index in [2.05, 4.69) is 15.4 Å². The van der Waals surface area contributed by atoms with E-state index in [1.165, 1.54) is 28.9 Å². The van der Waals surface area contributed by atoms with Gasteiger partial charge in [0.1, 0.15) is 12.3 Å². The highest BCUT2D eigenvalue weighted by atomic mass is 35.5. The zero-order valence-corrected chi connectivity index (χ0v) is 27.1. The van der Waals surface area contributed by atoms with E-state index in [9.17, 15) is 28.3 Å². The highest BCUT2D eigenvalue weighted by Crippen LogP contribution is 2.56. The Kier molecular flexibility index (Phi) is 7.56. The number of anilines is 1. The molecule has 2 N–H and O–H groups in total. The van der Waals surface area contributed by atoms with Crippen molar-refractivity contribution in [3.63, 3.8) is 0 Å². The Morgan fingerprint density at radius 1 is 1.14 bits per heavy atom. The van der Waals surface area contributed by atoms with Crippen LogP contribution in [0.5, 0.6) is 5.75 Å². The van der Waals surface area contributed by atoms with Crippen LogP contribution in [0.3, 0.4) is 0 Å². The van der Waals surface area contributed by atoms with E-state index in [-0.39, 0.29) is 52.4 Å². The maximum atomic E-state index is 14.3. The minimum Gasteiger partial charge on any atom is -0.505 e. The molecule has 2 fully saturated rings. The molecule has 2 aliphatic carbocycles. The van der Waals surface area contributed by atoms with Gasteiger partial charge in [-0.1, -0.05) is 23.7 Å². The molecule has 4 aromatic rings. The first kappa shape index (κ1) is 31.6. The van der Waals surface area contributed by atoms with E-state index in [1.807, 2.05) is 6.08 Å². The maximum Gasteiger partial charge on any atom is 0.279 e. The van der Waals surface area contributed by atoms with Crippen LogP contribution < -0.4 is 10.9 Å². The lowest BCUT2D eigenvalue weighted by Crippen LogP contribution is -2.46. The van der Waals surface area contributed by atoms with Gasteiger partial charge < -0.3 is 24.6 Å². The Bertz CT molecular complexity index is 2120. The molecular weight excluding hydrogens is 660 g/mol. The number of piperidine rings is 1. The Hall–Kier alpha value is -4.69. The summed E-state index contributed by atoms with van der Waals surface area (Å²) in [5.74, 6) is -4.00. The van der Waals surface area contributed by atoms with Crippen molar-refractivity contribution in [2.75, 3.05) is 31.6 Å². The molecule has 8 rings (SSSR count). The van der Waals surface area contributed by atoms with E-state index in [4.69, 9.17) is 21.3 Å². The predicted molar refractivity (Wildman–Crippen MR) is 174 cm³/mol. The molecule has 3 aromatic heterocycles. The highest BCUT2D eigenvalue weighted by molar-refractivity contribution is 6.33. The number of rotatable bonds is 6. The molecule has 15 heteroatoms. The maximum absolute atomic E-state index is 14.3. The number of hydrogen-bond donors (Lipinski definition) is 2. The summed E-state index contributed by atoms with van der Waals surface area (Å²) in [4.78, 5) is 51.6. The van der Waals surface area contributed by atoms with E-state index in [0.29, 0.717) is 81.1 Å². The number of benzene rings is 1. The molecule has 1 saturated heterocycles. The number of aromatic nitrogens is 5. The first-order chi connectivity index (χ1) is 23.5. The molecule has 1 aromatic carbocycles. The van der Waals surface area contributed by atoms with Gasteiger partial charge in [-0.2, -0.15) is 9.50 Å².